The van der Waals surface area contributed by atoms with Crippen LogP contribution in [-0.4, -0.2) is 20.2 Å². The van der Waals surface area contributed by atoms with Crippen LogP contribution in [0.15, 0.2) is 35.0 Å². The van der Waals surface area contributed by atoms with Crippen molar-refractivity contribution in [3.63, 3.8) is 0 Å². The summed E-state index contributed by atoms with van der Waals surface area (Å²) in [4.78, 5) is 8.45. The number of nitrogens with zero attached hydrogens (tertiary/aromatic N) is 4. The van der Waals surface area contributed by atoms with Gasteiger partial charge in [0.05, 0.1) is 5.56 Å². The first-order chi connectivity index (χ1) is 13.0. The molecule has 0 atom stereocenters. The van der Waals surface area contributed by atoms with Crippen LogP contribution in [0.4, 0.5) is 17.6 Å². The fourth-order valence-electron chi connectivity index (χ4n) is 3.36. The summed E-state index contributed by atoms with van der Waals surface area (Å²) in [5.41, 5.74) is 0.308. The van der Waals surface area contributed by atoms with Crippen molar-refractivity contribution >= 4 is 0 Å². The van der Waals surface area contributed by atoms with Gasteiger partial charge in [-0.15, -0.1) is 10.2 Å². The highest BCUT2D eigenvalue weighted by Crippen LogP contribution is 2.46. The zero-order valence-corrected chi connectivity index (χ0v) is 14.0. The molecule has 1 aliphatic rings. The van der Waals surface area contributed by atoms with E-state index in [1.807, 2.05) is 0 Å². The van der Waals surface area contributed by atoms with Gasteiger partial charge in [0.25, 0.3) is 11.8 Å². The maximum atomic E-state index is 14.3. The third-order valence-electron chi connectivity index (χ3n) is 4.89. The first-order valence-corrected chi connectivity index (χ1v) is 8.35. The smallest absolute Gasteiger partial charge is 0.314 e. The van der Waals surface area contributed by atoms with Crippen LogP contribution in [-0.2, 0) is 11.8 Å². The van der Waals surface area contributed by atoms with Crippen molar-refractivity contribution in [2.75, 3.05) is 0 Å². The summed E-state index contributed by atoms with van der Waals surface area (Å²) in [6, 6.07) is 3.61. The molecule has 0 unspecified atom stereocenters. The molecule has 2 aromatic heterocycles. The van der Waals surface area contributed by atoms with E-state index in [-0.39, 0.29) is 5.89 Å². The van der Waals surface area contributed by atoms with Crippen molar-refractivity contribution in [3.05, 3.63) is 59.5 Å². The average Bonchev–Trinajstić information content (AvgIpc) is 3.10. The van der Waals surface area contributed by atoms with Crippen molar-refractivity contribution < 1.29 is 22.0 Å². The minimum absolute atomic E-state index is 0.0974. The lowest BCUT2D eigenvalue weighted by molar-refractivity contribution is 0.116. The Balaban J connectivity index is 1.56. The van der Waals surface area contributed by atoms with Crippen molar-refractivity contribution in [1.29, 1.82) is 0 Å². The van der Waals surface area contributed by atoms with E-state index in [0.717, 1.165) is 25.3 Å². The molecule has 9 heteroatoms. The Bertz CT molecular complexity index is 954. The first-order valence-electron chi connectivity index (χ1n) is 8.35. The van der Waals surface area contributed by atoms with E-state index in [1.54, 1.807) is 0 Å². The van der Waals surface area contributed by atoms with Crippen molar-refractivity contribution in [3.8, 4) is 11.5 Å². The van der Waals surface area contributed by atoms with Gasteiger partial charge in [0.15, 0.2) is 0 Å². The predicted octanol–water partition coefficient (Wildman–Crippen LogP) is 4.41. The van der Waals surface area contributed by atoms with E-state index in [4.69, 9.17) is 4.42 Å². The van der Waals surface area contributed by atoms with E-state index in [2.05, 4.69) is 20.2 Å². The molecule has 0 amide bonds. The number of alkyl halides is 2. The van der Waals surface area contributed by atoms with Gasteiger partial charge in [0.1, 0.15) is 17.5 Å². The van der Waals surface area contributed by atoms with Crippen LogP contribution in [0.5, 0.6) is 0 Å². The SMILES string of the molecule is Fc1ccc(C2(Cc3ncc(-c4nnc(C(F)F)o4)cn3)CCC2)c(F)c1. The first kappa shape index (κ1) is 17.6. The number of benzene rings is 1. The van der Waals surface area contributed by atoms with Crippen molar-refractivity contribution in [2.24, 2.45) is 0 Å². The zero-order valence-electron chi connectivity index (χ0n) is 14.0. The molecule has 0 N–H and O–H groups in total. The lowest BCUT2D eigenvalue weighted by atomic mass is 9.62. The van der Waals surface area contributed by atoms with Crippen LogP contribution in [0.25, 0.3) is 11.5 Å². The van der Waals surface area contributed by atoms with Gasteiger partial charge in [-0.3, -0.25) is 0 Å². The largest absolute Gasteiger partial charge is 0.415 e. The third-order valence-corrected chi connectivity index (χ3v) is 4.89. The van der Waals surface area contributed by atoms with Crippen LogP contribution < -0.4 is 0 Å². The van der Waals surface area contributed by atoms with Crippen LogP contribution >= 0.6 is 0 Å². The average molecular weight is 378 g/mol. The lowest BCUT2D eigenvalue weighted by Crippen LogP contribution is -2.38. The van der Waals surface area contributed by atoms with Gasteiger partial charge in [0.2, 0.25) is 0 Å². The number of hydrogen-bond donors (Lipinski definition) is 0. The maximum absolute atomic E-state index is 14.3. The quantitative estimate of drug-likeness (QED) is 0.616. The molecule has 1 aliphatic carbocycles. The van der Waals surface area contributed by atoms with Gasteiger partial charge in [-0.05, 0) is 24.5 Å². The molecule has 1 aromatic carbocycles. The summed E-state index contributed by atoms with van der Waals surface area (Å²) in [7, 11) is 0. The van der Waals surface area contributed by atoms with Crippen molar-refractivity contribution in [1.82, 2.24) is 20.2 Å². The monoisotopic (exact) mass is 378 g/mol. The summed E-state index contributed by atoms with van der Waals surface area (Å²) >= 11 is 0. The van der Waals surface area contributed by atoms with E-state index < -0.39 is 29.4 Å². The maximum Gasteiger partial charge on any atom is 0.314 e. The summed E-state index contributed by atoms with van der Waals surface area (Å²) in [5.74, 6) is -1.59. The molecular formula is C18H14F4N4O. The minimum Gasteiger partial charge on any atom is -0.415 e. The molecule has 2 heterocycles. The van der Waals surface area contributed by atoms with Gasteiger partial charge < -0.3 is 4.42 Å². The normalized spacial score (nSPS) is 15.7. The number of aromatic nitrogens is 4. The second kappa shape index (κ2) is 6.71. The van der Waals surface area contributed by atoms with E-state index in [1.165, 1.54) is 24.5 Å². The molecule has 0 radical (unpaired) electrons. The van der Waals surface area contributed by atoms with Crippen LogP contribution in [0.3, 0.4) is 0 Å². The number of rotatable bonds is 5. The molecule has 27 heavy (non-hydrogen) atoms. The lowest BCUT2D eigenvalue weighted by Gasteiger charge is -2.42. The molecule has 4 rings (SSSR count). The molecule has 140 valence electrons. The molecule has 5 nitrogen and oxygen atoms in total. The third kappa shape index (κ3) is 3.29. The number of halogens is 4. The highest BCUT2D eigenvalue weighted by atomic mass is 19.3. The van der Waals surface area contributed by atoms with Gasteiger partial charge in [-0.25, -0.2) is 18.7 Å². The Morgan fingerprint density at radius 3 is 2.37 bits per heavy atom. The molecule has 1 fully saturated rings. The Morgan fingerprint density at radius 1 is 1.07 bits per heavy atom. The molecule has 0 saturated heterocycles. The Labute approximate surface area is 151 Å². The van der Waals surface area contributed by atoms with Crippen LogP contribution in [0.2, 0.25) is 0 Å². The Kier molecular flexibility index (Phi) is 4.37. The van der Waals surface area contributed by atoms with Crippen molar-refractivity contribution in [2.45, 2.75) is 37.5 Å². The fourth-order valence-corrected chi connectivity index (χ4v) is 3.36. The fraction of sp³-hybridized carbons (Fsp3) is 0.333. The van der Waals surface area contributed by atoms with E-state index in [0.29, 0.717) is 23.4 Å². The van der Waals surface area contributed by atoms with E-state index in [9.17, 15) is 17.6 Å². The highest BCUT2D eigenvalue weighted by Gasteiger charge is 2.41. The second-order valence-electron chi connectivity index (χ2n) is 6.57. The molecule has 3 aromatic rings. The Hall–Kier alpha value is -2.84. The molecular weight excluding hydrogens is 364 g/mol. The highest BCUT2D eigenvalue weighted by molar-refractivity contribution is 5.48. The standard InChI is InChI=1S/C18H14F4N4O/c19-11-2-3-12(13(20)6-11)18(4-1-5-18)7-14-23-8-10(9-24-14)16-25-26-17(27-16)15(21)22/h2-3,6,8-9,15H,1,4-5,7H2. The number of hydrogen-bond acceptors (Lipinski definition) is 5. The summed E-state index contributed by atoms with van der Waals surface area (Å²) < 4.78 is 57.4. The molecule has 0 bridgehead atoms. The van der Waals surface area contributed by atoms with E-state index >= 15 is 0 Å². The molecule has 0 spiro atoms. The van der Waals surface area contributed by atoms with Gasteiger partial charge in [0, 0.05) is 30.3 Å². The minimum atomic E-state index is -2.85. The second-order valence-corrected chi connectivity index (χ2v) is 6.57. The molecule has 0 aliphatic heterocycles. The molecule has 1 saturated carbocycles. The van der Waals surface area contributed by atoms with Crippen LogP contribution in [0, 0.1) is 11.6 Å². The topological polar surface area (TPSA) is 64.7 Å². The zero-order chi connectivity index (χ0) is 19.0. The summed E-state index contributed by atoms with van der Waals surface area (Å²) in [5, 5.41) is 6.80. The van der Waals surface area contributed by atoms with Gasteiger partial charge >= 0.3 is 6.43 Å². The van der Waals surface area contributed by atoms with Gasteiger partial charge in [-0.1, -0.05) is 12.5 Å². The van der Waals surface area contributed by atoms with Crippen LogP contribution in [0.1, 0.15) is 43.0 Å². The van der Waals surface area contributed by atoms with Gasteiger partial charge in [-0.2, -0.15) is 8.78 Å². The Morgan fingerprint density at radius 2 is 1.81 bits per heavy atom. The predicted molar refractivity (Wildman–Crippen MR) is 85.9 cm³/mol. The summed E-state index contributed by atoms with van der Waals surface area (Å²) in [6.07, 6.45) is 2.78. The summed E-state index contributed by atoms with van der Waals surface area (Å²) in [6.45, 7) is 0.